The highest BCUT2D eigenvalue weighted by atomic mass is 19.4. The molecule has 1 aliphatic carbocycles. The van der Waals surface area contributed by atoms with E-state index in [1.165, 1.54) is 35.6 Å². The van der Waals surface area contributed by atoms with Gasteiger partial charge in [0.1, 0.15) is 36.6 Å². The number of pyridine rings is 1. The first-order valence-corrected chi connectivity index (χ1v) is 14.4. The minimum absolute atomic E-state index is 0.224. The fraction of sp³-hybridized carbons (Fsp3) is 0.375. The first-order chi connectivity index (χ1) is 21.2. The Morgan fingerprint density at radius 1 is 1.07 bits per heavy atom. The van der Waals surface area contributed by atoms with Crippen molar-refractivity contribution < 1.29 is 31.9 Å². The number of carbonyl (C=O) groups excluding carboxylic acids is 3. The summed E-state index contributed by atoms with van der Waals surface area (Å²) in [5.74, 6) is -0.990. The molecule has 6 rings (SSSR count). The fourth-order valence-corrected chi connectivity index (χ4v) is 6.35. The predicted octanol–water partition coefficient (Wildman–Crippen LogP) is 5.82. The van der Waals surface area contributed by atoms with E-state index in [-0.39, 0.29) is 35.2 Å². The molecule has 1 saturated heterocycles. The molecular formula is C32H30F4N6O3. The van der Waals surface area contributed by atoms with E-state index in [9.17, 15) is 31.9 Å². The molecule has 1 aliphatic heterocycles. The Balaban J connectivity index is 1.32. The Bertz CT molecular complexity index is 1870. The quantitative estimate of drug-likeness (QED) is 0.206. The number of alkyl halides is 4. The number of aryl methyl sites for hydroxylation is 2. The molecule has 1 unspecified atom stereocenters. The number of nitrogens with zero attached hydrogens (tertiary/aromatic N) is 5. The lowest BCUT2D eigenvalue weighted by Crippen LogP contribution is -2.46. The van der Waals surface area contributed by atoms with Gasteiger partial charge in [0.05, 0.1) is 5.52 Å². The molecule has 1 aromatic carbocycles. The number of benzene rings is 1. The lowest BCUT2D eigenvalue weighted by Gasteiger charge is -2.27. The molecule has 0 radical (unpaired) electrons. The van der Waals surface area contributed by atoms with Gasteiger partial charge in [-0.05, 0) is 68.4 Å². The normalized spacial score (nSPS) is 20.8. The number of rotatable bonds is 7. The molecule has 2 fully saturated rings. The number of hydrogen-bond donors (Lipinski definition) is 1. The summed E-state index contributed by atoms with van der Waals surface area (Å²) in [5, 5.41) is 2.98. The van der Waals surface area contributed by atoms with Crippen LogP contribution in [-0.4, -0.2) is 54.1 Å². The number of likely N-dealkylation sites (tertiary alicyclic amines) is 1. The number of Topliss-reactive ketones (excluding diaryl/α,β-unsaturated/α-hetero) is 1. The van der Waals surface area contributed by atoms with Gasteiger partial charge < -0.3 is 14.8 Å². The van der Waals surface area contributed by atoms with Gasteiger partial charge in [-0.25, -0.2) is 19.3 Å². The van der Waals surface area contributed by atoms with Crippen LogP contribution in [0.25, 0.3) is 22.0 Å². The molecule has 4 heterocycles. The van der Waals surface area contributed by atoms with Crippen molar-refractivity contribution in [2.24, 2.45) is 5.41 Å². The lowest BCUT2D eigenvalue weighted by atomic mass is 10.00. The Kier molecular flexibility index (Phi) is 7.24. The molecule has 9 nitrogen and oxygen atoms in total. The highest BCUT2D eigenvalue weighted by Crippen LogP contribution is 2.59. The van der Waals surface area contributed by atoms with E-state index in [2.05, 4.69) is 20.3 Å². The third-order valence-electron chi connectivity index (χ3n) is 8.85. The van der Waals surface area contributed by atoms with Gasteiger partial charge in [0.15, 0.2) is 5.78 Å². The molecule has 45 heavy (non-hydrogen) atoms. The molecule has 1 N–H and O–H groups in total. The number of fused-ring (bicyclic) bond motifs is 2. The van der Waals surface area contributed by atoms with Crippen molar-refractivity contribution in [3.05, 3.63) is 71.1 Å². The van der Waals surface area contributed by atoms with Gasteiger partial charge >= 0.3 is 6.18 Å². The van der Waals surface area contributed by atoms with Crippen molar-refractivity contribution in [2.75, 3.05) is 5.32 Å². The minimum Gasteiger partial charge on any atom is -0.337 e. The van der Waals surface area contributed by atoms with Crippen LogP contribution in [0.4, 0.5) is 23.4 Å². The van der Waals surface area contributed by atoms with E-state index in [1.54, 1.807) is 31.5 Å². The maximum absolute atomic E-state index is 14.5. The summed E-state index contributed by atoms with van der Waals surface area (Å²) >= 11 is 0. The third kappa shape index (κ3) is 5.44. The standard InChI is InChI=1S/C32H30F4N6O3/c1-16-5-6-25(32(34,35)36)39-29(16)40-30(45)24-9-31(4)10-26(31)42(24)27(44)15-41-14-23(17(2)43)22-8-19(7-20(11-33)28(22)41)21-12-37-18(3)38-13-21/h5-8,12-14,24,26H,9-11,15H2,1-4H3,(H,39,40,45)/t24-,26?,31-/m0/s1. The van der Waals surface area contributed by atoms with E-state index in [0.717, 1.165) is 6.07 Å². The number of hydrogen-bond acceptors (Lipinski definition) is 6. The highest BCUT2D eigenvalue weighted by molar-refractivity contribution is 6.09. The molecule has 3 aromatic heterocycles. The number of halogens is 4. The Labute approximate surface area is 255 Å². The first kappa shape index (κ1) is 30.4. The van der Waals surface area contributed by atoms with E-state index in [0.29, 0.717) is 51.8 Å². The monoisotopic (exact) mass is 622 g/mol. The Hall–Kier alpha value is -4.68. The van der Waals surface area contributed by atoms with E-state index in [4.69, 9.17) is 0 Å². The number of piperidine rings is 1. The topological polar surface area (TPSA) is 110 Å². The summed E-state index contributed by atoms with van der Waals surface area (Å²) in [4.78, 5) is 53.6. The molecule has 2 aliphatic rings. The lowest BCUT2D eigenvalue weighted by molar-refractivity contribution is -0.141. The van der Waals surface area contributed by atoms with Crippen molar-refractivity contribution in [2.45, 2.75) is 72.0 Å². The molecule has 0 bridgehead atoms. The molecule has 234 valence electrons. The Morgan fingerprint density at radius 2 is 1.78 bits per heavy atom. The summed E-state index contributed by atoms with van der Waals surface area (Å²) in [6.45, 7) is 5.47. The molecule has 2 amide bonds. The zero-order chi connectivity index (χ0) is 32.4. The van der Waals surface area contributed by atoms with Gasteiger partial charge in [-0.3, -0.25) is 14.4 Å². The van der Waals surface area contributed by atoms with Crippen molar-refractivity contribution in [3.63, 3.8) is 0 Å². The summed E-state index contributed by atoms with van der Waals surface area (Å²) in [7, 11) is 0. The minimum atomic E-state index is -4.69. The van der Waals surface area contributed by atoms with Gasteiger partial charge in [0.25, 0.3) is 0 Å². The number of aromatic nitrogens is 4. The van der Waals surface area contributed by atoms with Gasteiger partial charge in [-0.15, -0.1) is 0 Å². The summed E-state index contributed by atoms with van der Waals surface area (Å²) in [6, 6.07) is 4.27. The van der Waals surface area contributed by atoms with E-state index >= 15 is 0 Å². The second-order valence-corrected chi connectivity index (χ2v) is 12.2. The maximum Gasteiger partial charge on any atom is 0.433 e. The van der Waals surface area contributed by atoms with Crippen LogP contribution >= 0.6 is 0 Å². The van der Waals surface area contributed by atoms with Crippen LogP contribution in [0.5, 0.6) is 0 Å². The Morgan fingerprint density at radius 3 is 2.42 bits per heavy atom. The number of ketones is 1. The highest BCUT2D eigenvalue weighted by Gasteiger charge is 2.64. The van der Waals surface area contributed by atoms with E-state index < -0.39 is 36.4 Å². The molecule has 13 heteroatoms. The van der Waals surface area contributed by atoms with Crippen LogP contribution < -0.4 is 5.32 Å². The zero-order valence-electron chi connectivity index (χ0n) is 25.0. The predicted molar refractivity (Wildman–Crippen MR) is 157 cm³/mol. The van der Waals surface area contributed by atoms with Crippen LogP contribution in [-0.2, 0) is 29.0 Å². The van der Waals surface area contributed by atoms with E-state index in [1.807, 2.05) is 6.92 Å². The number of carbonyl (C=O) groups is 3. The summed E-state index contributed by atoms with van der Waals surface area (Å²) < 4.78 is 55.9. The van der Waals surface area contributed by atoms with Crippen LogP contribution in [0, 0.1) is 19.3 Å². The number of amides is 2. The SMILES string of the molecule is CC(=O)c1cn(CC(=O)N2C3C[C@]3(C)C[C@H]2C(=O)Nc2nc(C(F)(F)F)ccc2C)c2c(CF)cc(-c3cnc(C)nc3)cc12. The average Bonchev–Trinajstić information content (AvgIpc) is 3.34. The van der Waals surface area contributed by atoms with Gasteiger partial charge in [0, 0.05) is 46.7 Å². The van der Waals surface area contributed by atoms with Crippen LogP contribution in [0.15, 0.2) is 42.9 Å². The molecule has 1 saturated carbocycles. The number of anilines is 1. The van der Waals surface area contributed by atoms with Crippen LogP contribution in [0.3, 0.4) is 0 Å². The van der Waals surface area contributed by atoms with Crippen molar-refractivity contribution in [1.29, 1.82) is 0 Å². The first-order valence-electron chi connectivity index (χ1n) is 14.4. The fourth-order valence-electron chi connectivity index (χ4n) is 6.35. The second kappa shape index (κ2) is 10.7. The van der Waals surface area contributed by atoms with Gasteiger partial charge in [-0.1, -0.05) is 13.0 Å². The zero-order valence-corrected chi connectivity index (χ0v) is 25.0. The molecule has 0 spiro atoms. The summed E-state index contributed by atoms with van der Waals surface area (Å²) in [6.07, 6.45) is 1.06. The van der Waals surface area contributed by atoms with Crippen molar-refractivity contribution >= 4 is 34.3 Å². The smallest absolute Gasteiger partial charge is 0.337 e. The average molecular weight is 623 g/mol. The molecule has 3 atom stereocenters. The summed E-state index contributed by atoms with van der Waals surface area (Å²) in [5.41, 5.74) is 1.10. The van der Waals surface area contributed by atoms with Crippen LogP contribution in [0.1, 0.15) is 59.7 Å². The van der Waals surface area contributed by atoms with Crippen molar-refractivity contribution in [3.8, 4) is 11.1 Å². The number of nitrogens with one attached hydrogen (secondary N) is 1. The maximum atomic E-state index is 14.5. The molecule has 4 aromatic rings. The third-order valence-corrected chi connectivity index (χ3v) is 8.85. The second-order valence-electron chi connectivity index (χ2n) is 12.2. The van der Waals surface area contributed by atoms with Crippen LogP contribution in [0.2, 0.25) is 0 Å². The van der Waals surface area contributed by atoms with Crippen molar-refractivity contribution in [1.82, 2.24) is 24.4 Å². The molecular weight excluding hydrogens is 592 g/mol. The largest absolute Gasteiger partial charge is 0.433 e. The van der Waals surface area contributed by atoms with Gasteiger partial charge in [0.2, 0.25) is 11.8 Å². The van der Waals surface area contributed by atoms with Gasteiger partial charge in [-0.2, -0.15) is 13.2 Å².